The number of ether oxygens (including phenoxy) is 1. The fraction of sp³-hybridized carbons (Fsp3) is 0.333. The molecule has 17 heavy (non-hydrogen) atoms. The second kappa shape index (κ2) is 6.62. The van der Waals surface area contributed by atoms with Crippen molar-refractivity contribution in [3.8, 4) is 5.75 Å². The monoisotopic (exact) mass is 239 g/mol. The van der Waals surface area contributed by atoms with Gasteiger partial charge in [-0.3, -0.25) is 9.59 Å². The van der Waals surface area contributed by atoms with E-state index >= 15 is 0 Å². The molecule has 0 aliphatic heterocycles. The zero-order valence-electron chi connectivity index (χ0n) is 9.53. The van der Waals surface area contributed by atoms with Crippen molar-refractivity contribution in [1.82, 2.24) is 5.32 Å². The number of rotatable bonds is 6. The van der Waals surface area contributed by atoms with Crippen LogP contribution in [0.15, 0.2) is 18.2 Å². The van der Waals surface area contributed by atoms with Crippen LogP contribution < -0.4 is 10.1 Å². The minimum Gasteiger partial charge on any atom is -0.493 e. The molecule has 0 aliphatic carbocycles. The van der Waals surface area contributed by atoms with Gasteiger partial charge in [0.2, 0.25) is 5.91 Å². The van der Waals surface area contributed by atoms with Gasteiger partial charge in [-0.1, -0.05) is 0 Å². The standard InChI is InChI=1S/C12H14FNO3/c1-14-12(16)3-2-6-17-11-5-4-10(13)7-9(11)8-15/h4-5,7-8H,2-3,6H2,1H3,(H,14,16). The molecule has 0 spiro atoms. The molecule has 0 saturated heterocycles. The summed E-state index contributed by atoms with van der Waals surface area (Å²) in [6, 6.07) is 3.74. The van der Waals surface area contributed by atoms with Gasteiger partial charge in [0.1, 0.15) is 11.6 Å². The fourth-order valence-electron chi connectivity index (χ4n) is 1.28. The van der Waals surface area contributed by atoms with E-state index in [2.05, 4.69) is 5.32 Å². The van der Waals surface area contributed by atoms with Gasteiger partial charge < -0.3 is 10.1 Å². The van der Waals surface area contributed by atoms with E-state index < -0.39 is 5.82 Å². The molecule has 5 heteroatoms. The number of halogens is 1. The molecule has 1 aromatic carbocycles. The second-order valence-corrected chi connectivity index (χ2v) is 3.43. The van der Waals surface area contributed by atoms with Crippen molar-refractivity contribution in [2.45, 2.75) is 12.8 Å². The number of benzene rings is 1. The first-order chi connectivity index (χ1) is 8.17. The van der Waals surface area contributed by atoms with Gasteiger partial charge in [0.05, 0.1) is 12.2 Å². The van der Waals surface area contributed by atoms with Gasteiger partial charge in [-0.15, -0.1) is 0 Å². The number of carbonyl (C=O) groups excluding carboxylic acids is 2. The summed E-state index contributed by atoms with van der Waals surface area (Å²) in [5.74, 6) is -0.216. The lowest BCUT2D eigenvalue weighted by atomic mass is 10.2. The van der Waals surface area contributed by atoms with E-state index in [0.29, 0.717) is 31.5 Å². The van der Waals surface area contributed by atoms with Crippen molar-refractivity contribution < 1.29 is 18.7 Å². The predicted octanol–water partition coefficient (Wildman–Crippen LogP) is 1.54. The van der Waals surface area contributed by atoms with Crippen LogP contribution in [0.1, 0.15) is 23.2 Å². The summed E-state index contributed by atoms with van der Waals surface area (Å²) in [5.41, 5.74) is 0.171. The second-order valence-electron chi connectivity index (χ2n) is 3.43. The van der Waals surface area contributed by atoms with E-state index in [1.807, 2.05) is 0 Å². The summed E-state index contributed by atoms with van der Waals surface area (Å²) in [4.78, 5) is 21.6. The average molecular weight is 239 g/mol. The third-order valence-corrected chi connectivity index (χ3v) is 2.18. The number of carbonyl (C=O) groups is 2. The number of amides is 1. The number of nitrogens with one attached hydrogen (secondary N) is 1. The maximum absolute atomic E-state index is 12.8. The lowest BCUT2D eigenvalue weighted by Gasteiger charge is -2.07. The van der Waals surface area contributed by atoms with Crippen LogP contribution in [0.25, 0.3) is 0 Å². The van der Waals surface area contributed by atoms with Crippen molar-refractivity contribution in [3.63, 3.8) is 0 Å². The quantitative estimate of drug-likeness (QED) is 0.605. The Hall–Kier alpha value is -1.91. The number of hydrogen-bond donors (Lipinski definition) is 1. The van der Waals surface area contributed by atoms with Gasteiger partial charge in [-0.2, -0.15) is 0 Å². The molecular weight excluding hydrogens is 225 g/mol. The van der Waals surface area contributed by atoms with Crippen molar-refractivity contribution in [1.29, 1.82) is 0 Å². The zero-order chi connectivity index (χ0) is 12.7. The van der Waals surface area contributed by atoms with Crippen LogP contribution in [0.5, 0.6) is 5.75 Å². The zero-order valence-corrected chi connectivity index (χ0v) is 9.53. The maximum atomic E-state index is 12.8. The van der Waals surface area contributed by atoms with Crippen molar-refractivity contribution in [2.75, 3.05) is 13.7 Å². The maximum Gasteiger partial charge on any atom is 0.219 e. The summed E-state index contributed by atoms with van der Waals surface area (Å²) in [6.45, 7) is 0.305. The van der Waals surface area contributed by atoms with Crippen LogP contribution in [-0.2, 0) is 4.79 Å². The van der Waals surface area contributed by atoms with Gasteiger partial charge in [0, 0.05) is 13.5 Å². The highest BCUT2D eigenvalue weighted by atomic mass is 19.1. The molecule has 0 radical (unpaired) electrons. The Balaban J connectivity index is 2.46. The molecule has 0 aromatic heterocycles. The molecule has 0 heterocycles. The topological polar surface area (TPSA) is 55.4 Å². The van der Waals surface area contributed by atoms with Crippen molar-refractivity contribution in [2.24, 2.45) is 0 Å². The minimum atomic E-state index is -0.482. The fourth-order valence-corrected chi connectivity index (χ4v) is 1.28. The van der Waals surface area contributed by atoms with Crippen molar-refractivity contribution in [3.05, 3.63) is 29.6 Å². The van der Waals surface area contributed by atoms with E-state index in [-0.39, 0.29) is 11.5 Å². The molecule has 92 valence electrons. The molecule has 1 rings (SSSR count). The van der Waals surface area contributed by atoms with Crippen LogP contribution in [0.3, 0.4) is 0 Å². The van der Waals surface area contributed by atoms with Gasteiger partial charge >= 0.3 is 0 Å². The Labute approximate surface area is 98.8 Å². The Morgan fingerprint density at radius 1 is 1.53 bits per heavy atom. The molecule has 1 N–H and O–H groups in total. The molecule has 0 fully saturated rings. The lowest BCUT2D eigenvalue weighted by Crippen LogP contribution is -2.18. The van der Waals surface area contributed by atoms with E-state index in [1.54, 1.807) is 7.05 Å². The molecule has 0 unspecified atom stereocenters. The summed E-state index contributed by atoms with van der Waals surface area (Å²) in [6.07, 6.45) is 1.43. The Morgan fingerprint density at radius 2 is 2.29 bits per heavy atom. The molecule has 1 aromatic rings. The van der Waals surface area contributed by atoms with Gasteiger partial charge in [-0.05, 0) is 24.6 Å². The van der Waals surface area contributed by atoms with Crippen LogP contribution in [0, 0.1) is 5.82 Å². The SMILES string of the molecule is CNC(=O)CCCOc1ccc(F)cc1C=O. The third kappa shape index (κ3) is 4.22. The smallest absolute Gasteiger partial charge is 0.219 e. The van der Waals surface area contributed by atoms with Crippen LogP contribution >= 0.6 is 0 Å². The molecule has 0 bridgehead atoms. The highest BCUT2D eigenvalue weighted by Crippen LogP contribution is 2.18. The largest absolute Gasteiger partial charge is 0.493 e. The van der Waals surface area contributed by atoms with E-state index in [1.165, 1.54) is 12.1 Å². The summed E-state index contributed by atoms with van der Waals surface area (Å²) < 4.78 is 18.1. The Kier molecular flexibility index (Phi) is 5.13. The number of aldehydes is 1. The van der Waals surface area contributed by atoms with Gasteiger partial charge in [0.25, 0.3) is 0 Å². The van der Waals surface area contributed by atoms with Crippen LogP contribution in [0.4, 0.5) is 4.39 Å². The Bertz CT molecular complexity index is 407. The summed E-state index contributed by atoms with van der Waals surface area (Å²) in [5, 5.41) is 2.49. The predicted molar refractivity (Wildman–Crippen MR) is 60.6 cm³/mol. The van der Waals surface area contributed by atoms with E-state index in [0.717, 1.165) is 6.07 Å². The summed E-state index contributed by atoms with van der Waals surface area (Å²) >= 11 is 0. The van der Waals surface area contributed by atoms with Crippen molar-refractivity contribution >= 4 is 12.2 Å². The highest BCUT2D eigenvalue weighted by Gasteiger charge is 2.05. The van der Waals surface area contributed by atoms with Gasteiger partial charge in [-0.25, -0.2) is 4.39 Å². The molecule has 0 aliphatic rings. The lowest BCUT2D eigenvalue weighted by molar-refractivity contribution is -0.120. The normalized spacial score (nSPS) is 9.76. The first-order valence-corrected chi connectivity index (χ1v) is 5.25. The first-order valence-electron chi connectivity index (χ1n) is 5.25. The van der Waals surface area contributed by atoms with E-state index in [9.17, 15) is 14.0 Å². The molecule has 4 nitrogen and oxygen atoms in total. The molecular formula is C12H14FNO3. The highest BCUT2D eigenvalue weighted by molar-refractivity contribution is 5.79. The number of hydrogen-bond acceptors (Lipinski definition) is 3. The van der Waals surface area contributed by atoms with Crippen LogP contribution in [0.2, 0.25) is 0 Å². The average Bonchev–Trinajstić information content (AvgIpc) is 2.35. The molecule has 1 amide bonds. The van der Waals surface area contributed by atoms with Gasteiger partial charge in [0.15, 0.2) is 6.29 Å². The molecule has 0 saturated carbocycles. The van der Waals surface area contributed by atoms with Crippen LogP contribution in [-0.4, -0.2) is 25.8 Å². The Morgan fingerprint density at radius 3 is 2.94 bits per heavy atom. The first kappa shape index (κ1) is 13.2. The third-order valence-electron chi connectivity index (χ3n) is 2.18. The molecule has 0 atom stereocenters. The summed E-state index contributed by atoms with van der Waals surface area (Å²) in [7, 11) is 1.56. The minimum absolute atomic E-state index is 0.0664. The van der Waals surface area contributed by atoms with E-state index in [4.69, 9.17) is 4.74 Å².